The summed E-state index contributed by atoms with van der Waals surface area (Å²) in [5.41, 5.74) is 10.9. The molecule has 1 rings (SSSR count). The predicted octanol–water partition coefficient (Wildman–Crippen LogP) is 2.57. The maximum atomic E-state index is 8.62. The zero-order valence-electron chi connectivity index (χ0n) is 12.6. The van der Waals surface area contributed by atoms with Crippen LogP contribution in [0.4, 0.5) is 0 Å². The van der Waals surface area contributed by atoms with Crippen molar-refractivity contribution in [2.45, 2.75) is 46.7 Å². The number of aryl methyl sites for hydroxylation is 3. The van der Waals surface area contributed by atoms with E-state index in [9.17, 15) is 0 Å². The van der Waals surface area contributed by atoms with E-state index in [0.717, 1.165) is 6.54 Å². The Hall–Kier alpha value is -1.55. The maximum absolute atomic E-state index is 8.62. The van der Waals surface area contributed by atoms with Crippen LogP contribution >= 0.6 is 0 Å². The van der Waals surface area contributed by atoms with Crippen LogP contribution in [0.2, 0.25) is 0 Å². The standard InChI is InChI=1S/C15H25N3O/c1-10-6-11(2)14(12(3)7-10)9-18(5)13(4)8-15(16)17-19/h6-7,13,19H,8-9H2,1-5H3,(H2,16,17). The Morgan fingerprint density at radius 1 is 1.32 bits per heavy atom. The molecule has 0 saturated carbocycles. The molecule has 106 valence electrons. The molecule has 0 fully saturated rings. The lowest BCUT2D eigenvalue weighted by Gasteiger charge is -2.26. The van der Waals surface area contributed by atoms with E-state index < -0.39 is 0 Å². The molecular formula is C15H25N3O. The lowest BCUT2D eigenvalue weighted by atomic mass is 9.99. The minimum Gasteiger partial charge on any atom is -0.409 e. The van der Waals surface area contributed by atoms with Gasteiger partial charge in [0, 0.05) is 19.0 Å². The van der Waals surface area contributed by atoms with Gasteiger partial charge in [-0.3, -0.25) is 4.90 Å². The number of amidine groups is 1. The van der Waals surface area contributed by atoms with Gasteiger partial charge in [-0.15, -0.1) is 0 Å². The van der Waals surface area contributed by atoms with Gasteiger partial charge in [0.1, 0.15) is 5.84 Å². The molecule has 0 amide bonds. The Balaban J connectivity index is 2.79. The fraction of sp³-hybridized carbons (Fsp3) is 0.533. The number of hydrogen-bond acceptors (Lipinski definition) is 3. The van der Waals surface area contributed by atoms with E-state index in [-0.39, 0.29) is 11.9 Å². The molecule has 0 bridgehead atoms. The SMILES string of the molecule is Cc1cc(C)c(CN(C)C(C)CC(N)=NO)c(C)c1. The molecular weight excluding hydrogens is 238 g/mol. The van der Waals surface area contributed by atoms with Gasteiger partial charge in [-0.25, -0.2) is 0 Å². The second kappa shape index (κ2) is 6.57. The summed E-state index contributed by atoms with van der Waals surface area (Å²) in [7, 11) is 2.06. The monoisotopic (exact) mass is 263 g/mol. The quantitative estimate of drug-likeness (QED) is 0.371. The first kappa shape index (κ1) is 15.5. The maximum Gasteiger partial charge on any atom is 0.140 e. The molecule has 0 aromatic heterocycles. The summed E-state index contributed by atoms with van der Waals surface area (Å²) >= 11 is 0. The average Bonchev–Trinajstić information content (AvgIpc) is 2.32. The van der Waals surface area contributed by atoms with E-state index in [1.54, 1.807) is 0 Å². The first-order chi connectivity index (χ1) is 8.85. The molecule has 0 spiro atoms. The summed E-state index contributed by atoms with van der Waals surface area (Å²) < 4.78 is 0. The van der Waals surface area contributed by atoms with E-state index in [0.29, 0.717) is 6.42 Å². The number of rotatable bonds is 5. The number of nitrogens with zero attached hydrogens (tertiary/aromatic N) is 2. The summed E-state index contributed by atoms with van der Waals surface area (Å²) in [5.74, 6) is 0.275. The van der Waals surface area contributed by atoms with Gasteiger partial charge < -0.3 is 10.9 Å². The third kappa shape index (κ3) is 4.24. The minimum atomic E-state index is 0.232. The third-order valence-corrected chi connectivity index (χ3v) is 3.63. The largest absolute Gasteiger partial charge is 0.409 e. The Morgan fingerprint density at radius 2 is 1.84 bits per heavy atom. The molecule has 4 nitrogen and oxygen atoms in total. The van der Waals surface area contributed by atoms with E-state index in [1.165, 1.54) is 22.3 Å². The van der Waals surface area contributed by atoms with Crippen molar-refractivity contribution in [2.24, 2.45) is 10.9 Å². The van der Waals surface area contributed by atoms with Gasteiger partial charge in [0.25, 0.3) is 0 Å². The Labute approximate surface area is 115 Å². The second-order valence-corrected chi connectivity index (χ2v) is 5.44. The lowest BCUT2D eigenvalue weighted by Crippen LogP contribution is -2.33. The van der Waals surface area contributed by atoms with Crippen molar-refractivity contribution in [2.75, 3.05) is 7.05 Å². The number of nitrogens with two attached hydrogens (primary N) is 1. The molecule has 1 unspecified atom stereocenters. The Bertz CT molecular complexity index is 445. The summed E-state index contributed by atoms with van der Waals surface area (Å²) in [5, 5.41) is 11.7. The average molecular weight is 263 g/mol. The van der Waals surface area contributed by atoms with E-state index in [2.05, 4.69) is 56.9 Å². The number of oxime groups is 1. The van der Waals surface area contributed by atoms with Crippen LogP contribution < -0.4 is 5.73 Å². The predicted molar refractivity (Wildman–Crippen MR) is 79.6 cm³/mol. The number of hydrogen-bond donors (Lipinski definition) is 2. The van der Waals surface area contributed by atoms with E-state index >= 15 is 0 Å². The fourth-order valence-corrected chi connectivity index (χ4v) is 2.36. The van der Waals surface area contributed by atoms with Gasteiger partial charge in [-0.05, 0) is 51.4 Å². The molecule has 0 aliphatic rings. The Kier molecular flexibility index (Phi) is 5.36. The molecule has 0 heterocycles. The van der Waals surface area contributed by atoms with Crippen molar-refractivity contribution in [1.29, 1.82) is 0 Å². The number of benzene rings is 1. The highest BCUT2D eigenvalue weighted by molar-refractivity contribution is 5.80. The van der Waals surface area contributed by atoms with Gasteiger partial charge in [-0.2, -0.15) is 0 Å². The molecule has 0 radical (unpaired) electrons. The zero-order valence-corrected chi connectivity index (χ0v) is 12.6. The highest BCUT2D eigenvalue weighted by atomic mass is 16.4. The molecule has 1 aromatic rings. The van der Waals surface area contributed by atoms with Crippen molar-refractivity contribution in [3.05, 3.63) is 34.4 Å². The summed E-state index contributed by atoms with van der Waals surface area (Å²) in [6, 6.07) is 4.66. The normalized spacial score (nSPS) is 13.9. The summed E-state index contributed by atoms with van der Waals surface area (Å²) in [4.78, 5) is 2.22. The van der Waals surface area contributed by atoms with Gasteiger partial charge in [-0.1, -0.05) is 22.9 Å². The van der Waals surface area contributed by atoms with Crippen molar-refractivity contribution in [3.63, 3.8) is 0 Å². The van der Waals surface area contributed by atoms with Crippen LogP contribution in [-0.2, 0) is 6.54 Å². The molecule has 4 heteroatoms. The van der Waals surface area contributed by atoms with Crippen molar-refractivity contribution in [3.8, 4) is 0 Å². The van der Waals surface area contributed by atoms with Crippen molar-refractivity contribution < 1.29 is 5.21 Å². The molecule has 1 aromatic carbocycles. The molecule has 0 saturated heterocycles. The van der Waals surface area contributed by atoms with Gasteiger partial charge in [0.2, 0.25) is 0 Å². The van der Waals surface area contributed by atoms with Crippen LogP contribution in [0.25, 0.3) is 0 Å². The van der Waals surface area contributed by atoms with Gasteiger partial charge in [0.05, 0.1) is 0 Å². The fourth-order valence-electron chi connectivity index (χ4n) is 2.36. The smallest absolute Gasteiger partial charge is 0.140 e. The van der Waals surface area contributed by atoms with Crippen LogP contribution in [0.15, 0.2) is 17.3 Å². The van der Waals surface area contributed by atoms with Crippen LogP contribution in [0.1, 0.15) is 35.6 Å². The zero-order chi connectivity index (χ0) is 14.6. The van der Waals surface area contributed by atoms with Crippen molar-refractivity contribution in [1.82, 2.24) is 4.90 Å². The molecule has 1 atom stereocenters. The Morgan fingerprint density at radius 3 is 2.32 bits per heavy atom. The summed E-state index contributed by atoms with van der Waals surface area (Å²) in [6.45, 7) is 9.37. The van der Waals surface area contributed by atoms with Crippen LogP contribution in [0, 0.1) is 20.8 Å². The second-order valence-electron chi connectivity index (χ2n) is 5.44. The third-order valence-electron chi connectivity index (χ3n) is 3.63. The molecule has 3 N–H and O–H groups in total. The lowest BCUT2D eigenvalue weighted by molar-refractivity contribution is 0.250. The van der Waals surface area contributed by atoms with Crippen LogP contribution in [0.5, 0.6) is 0 Å². The molecule has 0 aliphatic heterocycles. The van der Waals surface area contributed by atoms with Crippen LogP contribution in [-0.4, -0.2) is 29.0 Å². The topological polar surface area (TPSA) is 61.8 Å². The van der Waals surface area contributed by atoms with Gasteiger partial charge >= 0.3 is 0 Å². The highest BCUT2D eigenvalue weighted by Gasteiger charge is 2.14. The minimum absolute atomic E-state index is 0.232. The first-order valence-corrected chi connectivity index (χ1v) is 6.58. The van der Waals surface area contributed by atoms with Gasteiger partial charge in [0.15, 0.2) is 0 Å². The van der Waals surface area contributed by atoms with Crippen molar-refractivity contribution >= 4 is 5.84 Å². The molecule has 19 heavy (non-hydrogen) atoms. The van der Waals surface area contributed by atoms with E-state index in [4.69, 9.17) is 10.9 Å². The highest BCUT2D eigenvalue weighted by Crippen LogP contribution is 2.19. The van der Waals surface area contributed by atoms with E-state index in [1.807, 2.05) is 0 Å². The first-order valence-electron chi connectivity index (χ1n) is 6.58. The molecule has 0 aliphatic carbocycles. The van der Waals surface area contributed by atoms with Crippen LogP contribution in [0.3, 0.4) is 0 Å². The summed E-state index contributed by atoms with van der Waals surface area (Å²) in [6.07, 6.45) is 0.566.